The predicted octanol–water partition coefficient (Wildman–Crippen LogP) is 1.33. The van der Waals surface area contributed by atoms with Crippen LogP contribution in [0.3, 0.4) is 0 Å². The van der Waals surface area contributed by atoms with Crippen LogP contribution in [0.4, 0.5) is 0 Å². The number of fused-ring (bicyclic) bond motifs is 1. The van der Waals surface area contributed by atoms with Crippen LogP contribution in [0, 0.1) is 0 Å². The van der Waals surface area contributed by atoms with Crippen LogP contribution in [0.15, 0.2) is 59.7 Å². The molecule has 3 aromatic rings. The summed E-state index contributed by atoms with van der Waals surface area (Å²) >= 11 is 0. The van der Waals surface area contributed by atoms with E-state index in [-0.39, 0.29) is 11.3 Å². The van der Waals surface area contributed by atoms with Gasteiger partial charge in [-0.25, -0.2) is 18.1 Å². The average Bonchev–Trinajstić information content (AvgIpc) is 2.56. The molecule has 0 saturated carbocycles. The quantitative estimate of drug-likeness (QED) is 0.759. The van der Waals surface area contributed by atoms with Gasteiger partial charge < -0.3 is 0 Å². The molecule has 0 aliphatic heterocycles. The SMILES string of the molecule is CS(=O)(=O)Cc1cccc(C(=O)Nn2cnc3ccccc3c2=O)c1. The van der Waals surface area contributed by atoms with Gasteiger partial charge in [0.1, 0.15) is 6.33 Å². The molecule has 0 fully saturated rings. The Morgan fingerprint density at radius 1 is 1.16 bits per heavy atom. The normalized spacial score (nSPS) is 11.4. The van der Waals surface area contributed by atoms with Gasteiger partial charge in [0.05, 0.1) is 16.7 Å². The van der Waals surface area contributed by atoms with Crippen molar-refractivity contribution in [2.24, 2.45) is 0 Å². The summed E-state index contributed by atoms with van der Waals surface area (Å²) in [5.41, 5.74) is 3.35. The first-order chi connectivity index (χ1) is 11.8. The van der Waals surface area contributed by atoms with Crippen molar-refractivity contribution in [2.45, 2.75) is 5.75 Å². The molecule has 0 atom stereocenters. The molecular formula is C17H15N3O4S. The van der Waals surface area contributed by atoms with Crippen LogP contribution in [0.1, 0.15) is 15.9 Å². The maximum atomic E-state index is 12.4. The fraction of sp³-hybridized carbons (Fsp3) is 0.118. The molecule has 8 heteroatoms. The number of carbonyl (C=O) groups is 1. The Kier molecular flexibility index (Phi) is 4.37. The molecule has 1 amide bonds. The minimum atomic E-state index is -3.21. The summed E-state index contributed by atoms with van der Waals surface area (Å²) < 4.78 is 23.8. The number of hydrogen-bond acceptors (Lipinski definition) is 5. The van der Waals surface area contributed by atoms with Gasteiger partial charge in [0, 0.05) is 11.8 Å². The molecule has 1 aromatic heterocycles. The molecule has 0 aliphatic rings. The minimum Gasteiger partial charge on any atom is -0.267 e. The zero-order valence-corrected chi connectivity index (χ0v) is 14.2. The molecule has 2 aromatic carbocycles. The van der Waals surface area contributed by atoms with Gasteiger partial charge in [-0.2, -0.15) is 0 Å². The molecule has 128 valence electrons. The number of sulfone groups is 1. The summed E-state index contributed by atoms with van der Waals surface area (Å²) in [6, 6.07) is 13.1. The minimum absolute atomic E-state index is 0.161. The van der Waals surface area contributed by atoms with Gasteiger partial charge >= 0.3 is 0 Å². The van der Waals surface area contributed by atoms with Crippen LogP contribution in [0.5, 0.6) is 0 Å². The van der Waals surface area contributed by atoms with Crippen molar-refractivity contribution in [1.29, 1.82) is 0 Å². The van der Waals surface area contributed by atoms with Crippen LogP contribution in [-0.4, -0.2) is 30.2 Å². The van der Waals surface area contributed by atoms with E-state index in [2.05, 4.69) is 10.4 Å². The van der Waals surface area contributed by atoms with Crippen LogP contribution < -0.4 is 11.0 Å². The molecule has 0 unspecified atom stereocenters. The van der Waals surface area contributed by atoms with E-state index >= 15 is 0 Å². The average molecular weight is 357 g/mol. The van der Waals surface area contributed by atoms with Crippen molar-refractivity contribution in [3.05, 3.63) is 76.3 Å². The second-order valence-corrected chi connectivity index (χ2v) is 7.79. The maximum absolute atomic E-state index is 12.4. The van der Waals surface area contributed by atoms with Crippen molar-refractivity contribution in [2.75, 3.05) is 11.7 Å². The van der Waals surface area contributed by atoms with E-state index in [0.717, 1.165) is 10.9 Å². The zero-order valence-electron chi connectivity index (χ0n) is 13.3. The van der Waals surface area contributed by atoms with E-state index in [1.807, 2.05) is 0 Å². The Balaban J connectivity index is 1.89. The van der Waals surface area contributed by atoms with Gasteiger partial charge in [-0.15, -0.1) is 0 Å². The van der Waals surface area contributed by atoms with Crippen molar-refractivity contribution in [1.82, 2.24) is 9.66 Å². The molecule has 25 heavy (non-hydrogen) atoms. The second kappa shape index (κ2) is 6.48. The molecule has 0 spiro atoms. The summed E-state index contributed by atoms with van der Waals surface area (Å²) in [6.45, 7) is 0. The summed E-state index contributed by atoms with van der Waals surface area (Å²) in [6.07, 6.45) is 2.36. The number of carbonyl (C=O) groups excluding carboxylic acids is 1. The van der Waals surface area contributed by atoms with E-state index in [9.17, 15) is 18.0 Å². The van der Waals surface area contributed by atoms with Crippen LogP contribution >= 0.6 is 0 Å². The third-order valence-electron chi connectivity index (χ3n) is 3.51. The van der Waals surface area contributed by atoms with Crippen LogP contribution in [-0.2, 0) is 15.6 Å². The lowest BCUT2D eigenvalue weighted by Gasteiger charge is -2.09. The van der Waals surface area contributed by atoms with Crippen molar-refractivity contribution < 1.29 is 13.2 Å². The van der Waals surface area contributed by atoms with Crippen LogP contribution in [0.2, 0.25) is 0 Å². The third kappa shape index (κ3) is 3.92. The van der Waals surface area contributed by atoms with Crippen molar-refractivity contribution in [3.8, 4) is 0 Å². The van der Waals surface area contributed by atoms with E-state index in [1.165, 1.54) is 12.4 Å². The fourth-order valence-electron chi connectivity index (χ4n) is 2.43. The smallest absolute Gasteiger partial charge is 0.267 e. The number of amides is 1. The lowest BCUT2D eigenvalue weighted by Crippen LogP contribution is -2.33. The molecule has 0 saturated heterocycles. The maximum Gasteiger partial charge on any atom is 0.280 e. The summed E-state index contributed by atoms with van der Waals surface area (Å²) in [5.74, 6) is -0.694. The highest BCUT2D eigenvalue weighted by atomic mass is 32.2. The highest BCUT2D eigenvalue weighted by molar-refractivity contribution is 7.89. The molecular weight excluding hydrogens is 342 g/mol. The van der Waals surface area contributed by atoms with E-state index in [0.29, 0.717) is 16.5 Å². The Morgan fingerprint density at radius 2 is 1.92 bits per heavy atom. The molecule has 1 N–H and O–H groups in total. The molecule has 1 heterocycles. The standard InChI is InChI=1S/C17H15N3O4S/c1-25(23,24)10-12-5-4-6-13(9-12)16(21)19-20-11-18-15-8-3-2-7-14(15)17(20)22/h2-9,11H,10H2,1H3,(H,19,21). The van der Waals surface area contributed by atoms with Gasteiger partial charge in [0.25, 0.3) is 11.5 Å². The highest BCUT2D eigenvalue weighted by Crippen LogP contribution is 2.09. The number of para-hydroxylation sites is 1. The first-order valence-corrected chi connectivity index (χ1v) is 9.44. The van der Waals surface area contributed by atoms with Gasteiger partial charge in [0.2, 0.25) is 0 Å². The topological polar surface area (TPSA) is 98.1 Å². The fourth-order valence-corrected chi connectivity index (χ4v) is 3.21. The van der Waals surface area contributed by atoms with Crippen LogP contribution in [0.25, 0.3) is 10.9 Å². The summed E-state index contributed by atoms with van der Waals surface area (Å²) in [7, 11) is -3.21. The van der Waals surface area contributed by atoms with Crippen molar-refractivity contribution in [3.63, 3.8) is 0 Å². The Labute approximate surface area is 143 Å². The zero-order chi connectivity index (χ0) is 18.0. The lowest BCUT2D eigenvalue weighted by molar-refractivity contribution is 0.101. The van der Waals surface area contributed by atoms with E-state index in [4.69, 9.17) is 0 Å². The Bertz CT molecular complexity index is 1120. The molecule has 3 rings (SSSR count). The number of hydrogen-bond donors (Lipinski definition) is 1. The first kappa shape index (κ1) is 16.8. The Morgan fingerprint density at radius 3 is 2.68 bits per heavy atom. The largest absolute Gasteiger partial charge is 0.280 e. The summed E-state index contributed by atoms with van der Waals surface area (Å²) in [4.78, 5) is 28.9. The van der Waals surface area contributed by atoms with Gasteiger partial charge in [-0.05, 0) is 29.8 Å². The van der Waals surface area contributed by atoms with E-state index in [1.54, 1.807) is 42.5 Å². The second-order valence-electron chi connectivity index (χ2n) is 5.65. The molecule has 7 nitrogen and oxygen atoms in total. The lowest BCUT2D eigenvalue weighted by atomic mass is 10.1. The number of rotatable bonds is 4. The number of nitrogens with zero attached hydrogens (tertiary/aromatic N) is 2. The predicted molar refractivity (Wildman–Crippen MR) is 94.7 cm³/mol. The molecule has 0 bridgehead atoms. The van der Waals surface area contributed by atoms with E-state index < -0.39 is 21.3 Å². The molecule has 0 radical (unpaired) electrons. The third-order valence-corrected chi connectivity index (χ3v) is 4.36. The molecule has 0 aliphatic carbocycles. The number of aromatic nitrogens is 2. The Hall–Kier alpha value is -3.00. The van der Waals surface area contributed by atoms with Gasteiger partial charge in [-0.3, -0.25) is 15.0 Å². The first-order valence-electron chi connectivity index (χ1n) is 7.38. The number of benzene rings is 2. The van der Waals surface area contributed by atoms with Crippen molar-refractivity contribution >= 4 is 26.6 Å². The van der Waals surface area contributed by atoms with Gasteiger partial charge in [0.15, 0.2) is 9.84 Å². The number of nitrogens with one attached hydrogen (secondary N) is 1. The summed E-state index contributed by atoms with van der Waals surface area (Å²) in [5, 5.41) is 0.385. The highest BCUT2D eigenvalue weighted by Gasteiger charge is 2.11. The van der Waals surface area contributed by atoms with Gasteiger partial charge in [-0.1, -0.05) is 24.3 Å². The monoisotopic (exact) mass is 357 g/mol.